The SMILES string of the molecule is CCCOc1ccccc1NC(=O)/C=C/c1c(-c2ccc(C)cc2)nc2cc(C)ccn12. The fourth-order valence-electron chi connectivity index (χ4n) is 3.49. The van der Waals surface area contributed by atoms with Crippen molar-refractivity contribution in [3.63, 3.8) is 0 Å². The van der Waals surface area contributed by atoms with Gasteiger partial charge in [0.25, 0.3) is 0 Å². The topological polar surface area (TPSA) is 55.6 Å². The maximum Gasteiger partial charge on any atom is 0.248 e. The Labute approximate surface area is 188 Å². The summed E-state index contributed by atoms with van der Waals surface area (Å²) in [4.78, 5) is 17.6. The summed E-state index contributed by atoms with van der Waals surface area (Å²) in [5.74, 6) is 0.441. The quantitative estimate of drug-likeness (QED) is 0.366. The van der Waals surface area contributed by atoms with E-state index < -0.39 is 0 Å². The fraction of sp³-hybridized carbons (Fsp3) is 0.185. The van der Waals surface area contributed by atoms with E-state index in [0.29, 0.717) is 18.0 Å². The number of hydrogen-bond donors (Lipinski definition) is 1. The zero-order chi connectivity index (χ0) is 22.5. The summed E-state index contributed by atoms with van der Waals surface area (Å²) < 4.78 is 7.74. The first-order valence-electron chi connectivity index (χ1n) is 10.8. The lowest BCUT2D eigenvalue weighted by molar-refractivity contribution is -0.111. The van der Waals surface area contributed by atoms with Gasteiger partial charge in [-0.15, -0.1) is 0 Å². The smallest absolute Gasteiger partial charge is 0.248 e. The van der Waals surface area contributed by atoms with E-state index in [1.807, 2.05) is 66.9 Å². The molecule has 5 nitrogen and oxygen atoms in total. The number of para-hydroxylation sites is 2. The zero-order valence-electron chi connectivity index (χ0n) is 18.6. The summed E-state index contributed by atoms with van der Waals surface area (Å²) in [7, 11) is 0. The van der Waals surface area contributed by atoms with Crippen LogP contribution in [0.25, 0.3) is 23.0 Å². The lowest BCUT2D eigenvalue weighted by Gasteiger charge is -2.10. The first-order valence-corrected chi connectivity index (χ1v) is 10.8. The van der Waals surface area contributed by atoms with E-state index in [9.17, 15) is 4.79 Å². The van der Waals surface area contributed by atoms with Crippen molar-refractivity contribution in [3.05, 3.63) is 89.8 Å². The molecule has 162 valence electrons. The van der Waals surface area contributed by atoms with Crippen LogP contribution in [0.4, 0.5) is 5.69 Å². The minimum absolute atomic E-state index is 0.227. The number of anilines is 1. The van der Waals surface area contributed by atoms with Crippen LogP contribution in [0, 0.1) is 13.8 Å². The van der Waals surface area contributed by atoms with Gasteiger partial charge in [0.05, 0.1) is 23.7 Å². The van der Waals surface area contributed by atoms with Crippen LogP contribution in [0.15, 0.2) is 72.9 Å². The summed E-state index contributed by atoms with van der Waals surface area (Å²) in [5, 5.41) is 2.93. The number of rotatable bonds is 7. The summed E-state index contributed by atoms with van der Waals surface area (Å²) in [5.41, 5.74) is 6.53. The molecule has 2 heterocycles. The number of aromatic nitrogens is 2. The van der Waals surface area contributed by atoms with Crippen LogP contribution in [0.3, 0.4) is 0 Å². The molecule has 0 unspecified atom stereocenters. The number of amides is 1. The molecule has 4 aromatic rings. The molecule has 0 aliphatic carbocycles. The van der Waals surface area contributed by atoms with Gasteiger partial charge in [0.15, 0.2) is 0 Å². The Morgan fingerprint density at radius 1 is 1.06 bits per heavy atom. The molecule has 0 saturated carbocycles. The van der Waals surface area contributed by atoms with Gasteiger partial charge in [-0.05, 0) is 56.2 Å². The van der Waals surface area contributed by atoms with Gasteiger partial charge in [-0.3, -0.25) is 9.20 Å². The first-order chi connectivity index (χ1) is 15.5. The number of carbonyl (C=O) groups excluding carboxylic acids is 1. The Hall–Kier alpha value is -3.86. The highest BCUT2D eigenvalue weighted by Crippen LogP contribution is 2.27. The molecule has 0 saturated heterocycles. The first kappa shape index (κ1) is 21.4. The molecule has 2 aromatic carbocycles. The number of pyridine rings is 1. The van der Waals surface area contributed by atoms with Crippen molar-refractivity contribution in [2.24, 2.45) is 0 Å². The Kier molecular flexibility index (Phi) is 6.36. The third kappa shape index (κ3) is 4.72. The lowest BCUT2D eigenvalue weighted by Crippen LogP contribution is -2.09. The predicted molar refractivity (Wildman–Crippen MR) is 130 cm³/mol. The number of ether oxygens (including phenoxy) is 1. The minimum atomic E-state index is -0.227. The summed E-state index contributed by atoms with van der Waals surface area (Å²) in [6.07, 6.45) is 6.24. The zero-order valence-corrected chi connectivity index (χ0v) is 18.6. The average Bonchev–Trinajstić information content (AvgIpc) is 3.15. The molecule has 0 fully saturated rings. The number of imidazole rings is 1. The van der Waals surface area contributed by atoms with Crippen molar-refractivity contribution < 1.29 is 9.53 Å². The van der Waals surface area contributed by atoms with E-state index in [-0.39, 0.29) is 5.91 Å². The number of hydrogen-bond acceptors (Lipinski definition) is 3. The molecule has 0 aliphatic heterocycles. The highest BCUT2D eigenvalue weighted by atomic mass is 16.5. The average molecular weight is 426 g/mol. The van der Waals surface area contributed by atoms with Crippen LogP contribution >= 0.6 is 0 Å². The molecule has 0 atom stereocenters. The monoisotopic (exact) mass is 425 g/mol. The molecule has 0 bridgehead atoms. The maximum absolute atomic E-state index is 12.7. The number of aryl methyl sites for hydroxylation is 2. The van der Waals surface area contributed by atoms with Crippen LogP contribution in [-0.4, -0.2) is 21.9 Å². The van der Waals surface area contributed by atoms with Crippen LogP contribution < -0.4 is 10.1 Å². The van der Waals surface area contributed by atoms with Gasteiger partial charge >= 0.3 is 0 Å². The number of nitrogens with zero attached hydrogens (tertiary/aromatic N) is 2. The largest absolute Gasteiger partial charge is 0.491 e. The van der Waals surface area contributed by atoms with Gasteiger partial charge in [-0.25, -0.2) is 4.98 Å². The molecule has 0 aliphatic rings. The van der Waals surface area contributed by atoms with Crippen molar-refractivity contribution in [1.29, 1.82) is 0 Å². The standard InChI is InChI=1S/C27H27N3O2/c1-4-17-32-24-8-6-5-7-22(24)28-26(31)14-13-23-27(21-11-9-19(2)10-12-21)29-25-18-20(3)15-16-30(23)25/h5-16,18H,4,17H2,1-3H3,(H,28,31)/b14-13+. The summed E-state index contributed by atoms with van der Waals surface area (Å²) in [6.45, 7) is 6.75. The molecule has 5 heteroatoms. The summed E-state index contributed by atoms with van der Waals surface area (Å²) in [6, 6.07) is 19.8. The predicted octanol–water partition coefficient (Wildman–Crippen LogP) is 6.06. The molecule has 2 aromatic heterocycles. The molecule has 32 heavy (non-hydrogen) atoms. The number of benzene rings is 2. The van der Waals surface area contributed by atoms with Gasteiger partial charge in [-0.1, -0.05) is 48.9 Å². The Morgan fingerprint density at radius 3 is 2.62 bits per heavy atom. The number of fused-ring (bicyclic) bond motifs is 1. The molecule has 0 spiro atoms. The van der Waals surface area contributed by atoms with Gasteiger partial charge in [0.2, 0.25) is 5.91 Å². The third-order valence-electron chi connectivity index (χ3n) is 5.14. The van der Waals surface area contributed by atoms with Crippen LogP contribution in [-0.2, 0) is 4.79 Å². The van der Waals surface area contributed by atoms with Crippen molar-refractivity contribution in [2.75, 3.05) is 11.9 Å². The van der Waals surface area contributed by atoms with Crippen molar-refractivity contribution in [1.82, 2.24) is 9.38 Å². The molecule has 1 N–H and O–H groups in total. The Morgan fingerprint density at radius 2 is 1.84 bits per heavy atom. The van der Waals surface area contributed by atoms with Gasteiger partial charge in [0, 0.05) is 17.8 Å². The maximum atomic E-state index is 12.7. The fourth-order valence-corrected chi connectivity index (χ4v) is 3.49. The molecular weight excluding hydrogens is 398 g/mol. The van der Waals surface area contributed by atoms with Crippen LogP contribution in [0.2, 0.25) is 0 Å². The van der Waals surface area contributed by atoms with Crippen LogP contribution in [0.1, 0.15) is 30.2 Å². The van der Waals surface area contributed by atoms with E-state index in [4.69, 9.17) is 9.72 Å². The minimum Gasteiger partial charge on any atom is -0.491 e. The highest BCUT2D eigenvalue weighted by Gasteiger charge is 2.13. The molecular formula is C27H27N3O2. The normalized spacial score (nSPS) is 11.2. The Balaban J connectivity index is 1.65. The third-order valence-corrected chi connectivity index (χ3v) is 5.14. The number of nitrogens with one attached hydrogen (secondary N) is 1. The molecule has 1 amide bonds. The highest BCUT2D eigenvalue weighted by molar-refractivity contribution is 6.03. The van der Waals surface area contributed by atoms with Gasteiger partial charge in [-0.2, -0.15) is 0 Å². The van der Waals surface area contributed by atoms with E-state index >= 15 is 0 Å². The van der Waals surface area contributed by atoms with E-state index in [2.05, 4.69) is 36.5 Å². The molecule has 4 rings (SSSR count). The second-order valence-corrected chi connectivity index (χ2v) is 7.81. The van der Waals surface area contributed by atoms with Crippen LogP contribution in [0.5, 0.6) is 5.75 Å². The van der Waals surface area contributed by atoms with E-state index in [1.165, 1.54) is 11.6 Å². The van der Waals surface area contributed by atoms with E-state index in [0.717, 1.165) is 34.6 Å². The van der Waals surface area contributed by atoms with Gasteiger partial charge in [0.1, 0.15) is 11.4 Å². The lowest BCUT2D eigenvalue weighted by atomic mass is 10.1. The van der Waals surface area contributed by atoms with E-state index in [1.54, 1.807) is 0 Å². The van der Waals surface area contributed by atoms with Crippen molar-refractivity contribution in [2.45, 2.75) is 27.2 Å². The van der Waals surface area contributed by atoms with Crippen molar-refractivity contribution >= 4 is 23.3 Å². The second-order valence-electron chi connectivity index (χ2n) is 7.81. The van der Waals surface area contributed by atoms with Crippen molar-refractivity contribution in [3.8, 4) is 17.0 Å². The Bertz CT molecular complexity index is 1270. The van der Waals surface area contributed by atoms with Gasteiger partial charge < -0.3 is 10.1 Å². The second kappa shape index (κ2) is 9.52. The number of carbonyl (C=O) groups is 1. The molecule has 0 radical (unpaired) electrons. The summed E-state index contributed by atoms with van der Waals surface area (Å²) >= 11 is 0.